The number of nitrogens with one attached hydrogen (secondary N) is 1. The van der Waals surface area contributed by atoms with Crippen molar-refractivity contribution in [3.63, 3.8) is 0 Å². The number of fused-ring (bicyclic) bond motifs is 2. The smallest absolute Gasteiger partial charge is 0.439 e. The quantitative estimate of drug-likeness (QED) is 0.367. The second-order valence-corrected chi connectivity index (χ2v) is 10.2. The second kappa shape index (κ2) is 10.1. The number of aromatic nitrogens is 4. The Kier molecular flexibility index (Phi) is 6.50. The van der Waals surface area contributed by atoms with Gasteiger partial charge < -0.3 is 9.64 Å². The molecule has 8 nitrogen and oxygen atoms in total. The summed E-state index contributed by atoms with van der Waals surface area (Å²) in [6.07, 6.45) is 3.78. The summed E-state index contributed by atoms with van der Waals surface area (Å²) in [6.45, 7) is 8.29. The van der Waals surface area contributed by atoms with Gasteiger partial charge in [-0.15, -0.1) is 0 Å². The third-order valence-corrected chi connectivity index (χ3v) is 7.41. The zero-order chi connectivity index (χ0) is 27.1. The van der Waals surface area contributed by atoms with Gasteiger partial charge in [-0.05, 0) is 61.1 Å². The Morgan fingerprint density at radius 2 is 1.95 bits per heavy atom. The standard InChI is InChI=1S/C30H30FN5O3/c1-4-6-25-24(29(33-18(3)32-25)36-11-5-12-36)14-19-7-9-22-20(13-19)16-38-26-15-21(31)8-10-23(26)27(22)17(2)28-34-30(37)39-35-28/h7-10,13,15H,4-6,11-12,14,16H2,1-3H3,(H,34,35,37)/b27-17+. The highest BCUT2D eigenvalue weighted by Gasteiger charge is 2.26. The number of hydrogen-bond acceptors (Lipinski definition) is 7. The van der Waals surface area contributed by atoms with Crippen LogP contribution in [-0.4, -0.2) is 33.2 Å². The summed E-state index contributed by atoms with van der Waals surface area (Å²) in [5.74, 6) is 1.59. The summed E-state index contributed by atoms with van der Waals surface area (Å²) in [4.78, 5) is 26.3. The van der Waals surface area contributed by atoms with Crippen LogP contribution >= 0.6 is 0 Å². The number of benzene rings is 2. The van der Waals surface area contributed by atoms with Crippen LogP contribution in [0, 0.1) is 12.7 Å². The van der Waals surface area contributed by atoms with Crippen LogP contribution in [0.15, 0.2) is 45.7 Å². The van der Waals surface area contributed by atoms with E-state index >= 15 is 0 Å². The van der Waals surface area contributed by atoms with Crippen LogP contribution < -0.4 is 15.4 Å². The summed E-state index contributed by atoms with van der Waals surface area (Å²) < 4.78 is 25.1. The number of anilines is 1. The van der Waals surface area contributed by atoms with Gasteiger partial charge in [0.25, 0.3) is 0 Å². The van der Waals surface area contributed by atoms with Gasteiger partial charge in [0, 0.05) is 48.0 Å². The van der Waals surface area contributed by atoms with Gasteiger partial charge in [-0.25, -0.2) is 19.2 Å². The Bertz CT molecular complexity index is 1650. The van der Waals surface area contributed by atoms with E-state index in [-0.39, 0.29) is 12.4 Å². The summed E-state index contributed by atoms with van der Waals surface area (Å²) in [7, 11) is 0. The molecular weight excluding hydrogens is 497 g/mol. The number of aromatic amines is 1. The number of halogens is 1. The highest BCUT2D eigenvalue weighted by atomic mass is 19.1. The largest absolute Gasteiger partial charge is 0.488 e. The normalized spacial score (nSPS) is 15.6. The number of allylic oxidation sites excluding steroid dienone is 1. The molecule has 9 heteroatoms. The lowest BCUT2D eigenvalue weighted by atomic mass is 9.88. The van der Waals surface area contributed by atoms with Crippen molar-refractivity contribution in [2.45, 2.75) is 53.1 Å². The fourth-order valence-corrected chi connectivity index (χ4v) is 5.41. The Balaban J connectivity index is 1.46. The van der Waals surface area contributed by atoms with E-state index in [1.807, 2.05) is 13.8 Å². The highest BCUT2D eigenvalue weighted by Crippen LogP contribution is 2.41. The lowest BCUT2D eigenvalue weighted by Crippen LogP contribution is -2.39. The predicted molar refractivity (Wildman–Crippen MR) is 146 cm³/mol. The van der Waals surface area contributed by atoms with Crippen molar-refractivity contribution >= 4 is 17.0 Å². The minimum Gasteiger partial charge on any atom is -0.488 e. The average Bonchev–Trinajstić information content (AvgIpc) is 3.25. The fourth-order valence-electron chi connectivity index (χ4n) is 5.41. The molecule has 2 aliphatic rings. The first-order valence-corrected chi connectivity index (χ1v) is 13.3. The lowest BCUT2D eigenvalue weighted by Gasteiger charge is -2.34. The molecule has 39 heavy (non-hydrogen) atoms. The molecule has 2 aliphatic heterocycles. The number of aryl methyl sites for hydroxylation is 2. The van der Waals surface area contributed by atoms with E-state index < -0.39 is 5.76 Å². The molecule has 1 N–H and O–H groups in total. The maximum Gasteiger partial charge on any atom is 0.439 e. The fraction of sp³-hybridized carbons (Fsp3) is 0.333. The van der Waals surface area contributed by atoms with E-state index in [2.05, 4.69) is 40.2 Å². The predicted octanol–water partition coefficient (Wildman–Crippen LogP) is 5.23. The Hall–Kier alpha value is -4.27. The molecule has 4 heterocycles. The van der Waals surface area contributed by atoms with E-state index in [9.17, 15) is 9.18 Å². The minimum absolute atomic E-state index is 0.275. The summed E-state index contributed by atoms with van der Waals surface area (Å²) in [5, 5.41) is 3.90. The Morgan fingerprint density at radius 3 is 2.67 bits per heavy atom. The van der Waals surface area contributed by atoms with Crippen LogP contribution in [0.5, 0.6) is 5.75 Å². The van der Waals surface area contributed by atoms with E-state index in [1.165, 1.54) is 24.1 Å². The van der Waals surface area contributed by atoms with Crippen LogP contribution in [-0.2, 0) is 19.4 Å². The van der Waals surface area contributed by atoms with Gasteiger partial charge in [-0.2, -0.15) is 0 Å². The lowest BCUT2D eigenvalue weighted by molar-refractivity contribution is 0.305. The minimum atomic E-state index is -0.633. The molecule has 2 aromatic heterocycles. The summed E-state index contributed by atoms with van der Waals surface area (Å²) >= 11 is 0. The molecule has 4 aromatic rings. The van der Waals surface area contributed by atoms with Crippen LogP contribution in [0.25, 0.3) is 11.1 Å². The SMILES string of the molecule is CCCc1nc(C)nc(N2CCC2)c1Cc1ccc2c(c1)COc1cc(F)ccc1/C2=C(\C)c1noc(=O)[nH]1. The van der Waals surface area contributed by atoms with E-state index in [0.717, 1.165) is 71.1 Å². The molecule has 200 valence electrons. The molecular formula is C30H30FN5O3. The van der Waals surface area contributed by atoms with Gasteiger partial charge in [0.15, 0.2) is 5.82 Å². The van der Waals surface area contributed by atoms with Gasteiger partial charge in [-0.1, -0.05) is 36.7 Å². The van der Waals surface area contributed by atoms with Crippen molar-refractivity contribution in [2.75, 3.05) is 18.0 Å². The van der Waals surface area contributed by atoms with Crippen molar-refractivity contribution in [1.29, 1.82) is 0 Å². The molecule has 0 atom stereocenters. The molecule has 0 radical (unpaired) electrons. The molecule has 0 aliphatic carbocycles. The van der Waals surface area contributed by atoms with Gasteiger partial charge in [0.05, 0.1) is 0 Å². The van der Waals surface area contributed by atoms with Crippen LogP contribution in [0.4, 0.5) is 10.2 Å². The zero-order valence-corrected chi connectivity index (χ0v) is 22.3. The average molecular weight is 528 g/mol. The molecule has 0 amide bonds. The highest BCUT2D eigenvalue weighted by molar-refractivity contribution is 5.99. The maximum atomic E-state index is 14.2. The van der Waals surface area contributed by atoms with E-state index in [4.69, 9.17) is 19.2 Å². The molecule has 0 saturated carbocycles. The molecule has 0 spiro atoms. The van der Waals surface area contributed by atoms with Crippen LogP contribution in [0.2, 0.25) is 0 Å². The molecule has 2 aromatic carbocycles. The van der Waals surface area contributed by atoms with Crippen molar-refractivity contribution in [2.24, 2.45) is 0 Å². The third kappa shape index (κ3) is 4.73. The topological polar surface area (TPSA) is 97.1 Å². The van der Waals surface area contributed by atoms with Crippen molar-refractivity contribution in [3.05, 3.63) is 97.9 Å². The zero-order valence-electron chi connectivity index (χ0n) is 22.3. The first kappa shape index (κ1) is 25.0. The van der Waals surface area contributed by atoms with E-state index in [1.54, 1.807) is 6.07 Å². The van der Waals surface area contributed by atoms with Gasteiger partial charge in [0.1, 0.15) is 29.8 Å². The first-order valence-electron chi connectivity index (χ1n) is 13.3. The van der Waals surface area contributed by atoms with Crippen molar-refractivity contribution in [3.8, 4) is 5.75 Å². The molecule has 1 saturated heterocycles. The Labute approximate surface area is 225 Å². The number of ether oxygens (including phenoxy) is 1. The number of H-pyrrole nitrogens is 1. The number of rotatable bonds is 6. The third-order valence-electron chi connectivity index (χ3n) is 7.41. The molecule has 6 rings (SSSR count). The van der Waals surface area contributed by atoms with Crippen LogP contribution in [0.3, 0.4) is 0 Å². The monoisotopic (exact) mass is 527 g/mol. The molecule has 1 fully saturated rings. The number of nitrogens with zero attached hydrogens (tertiary/aromatic N) is 4. The van der Waals surface area contributed by atoms with Crippen molar-refractivity contribution < 1.29 is 13.7 Å². The molecule has 0 bridgehead atoms. The van der Waals surface area contributed by atoms with Crippen LogP contribution in [0.1, 0.15) is 71.8 Å². The Morgan fingerprint density at radius 1 is 1.13 bits per heavy atom. The second-order valence-electron chi connectivity index (χ2n) is 10.2. The first-order chi connectivity index (χ1) is 18.9. The maximum absolute atomic E-state index is 14.2. The van der Waals surface area contributed by atoms with Gasteiger partial charge in [-0.3, -0.25) is 9.51 Å². The summed E-state index contributed by atoms with van der Waals surface area (Å²) in [6, 6.07) is 10.8. The summed E-state index contributed by atoms with van der Waals surface area (Å²) in [5.41, 5.74) is 7.52. The van der Waals surface area contributed by atoms with E-state index in [0.29, 0.717) is 23.6 Å². The van der Waals surface area contributed by atoms with Gasteiger partial charge >= 0.3 is 5.76 Å². The number of hydrogen-bond donors (Lipinski definition) is 1. The van der Waals surface area contributed by atoms with Gasteiger partial charge in [0.2, 0.25) is 0 Å². The molecule has 0 unspecified atom stereocenters. The van der Waals surface area contributed by atoms with Crippen molar-refractivity contribution in [1.82, 2.24) is 20.1 Å².